The molecular weight excluding hydrogens is 569 g/mol. The second-order valence-corrected chi connectivity index (χ2v) is 11.5. The lowest BCUT2D eigenvalue weighted by Crippen LogP contribution is -1.91. The summed E-state index contributed by atoms with van der Waals surface area (Å²) < 4.78 is 104. The first-order valence-corrected chi connectivity index (χ1v) is 15.3. The first-order chi connectivity index (χ1) is 27.9. The Kier molecular flexibility index (Phi) is 3.79. The highest BCUT2D eigenvalue weighted by Crippen LogP contribution is 2.47. The number of hydrogen-bond acceptors (Lipinski definition) is 1. The van der Waals surface area contributed by atoms with Crippen LogP contribution in [0.4, 0.5) is 0 Å². The number of hydrogen-bond donors (Lipinski definition) is 0. The normalized spacial score (nSPS) is 15.1. The topological polar surface area (TPSA) is 13.1 Å². The van der Waals surface area contributed by atoms with Crippen molar-refractivity contribution in [2.24, 2.45) is 0 Å². The molecule has 0 aliphatic rings. The van der Waals surface area contributed by atoms with Gasteiger partial charge in [-0.3, -0.25) is 0 Å². The number of rotatable bonds is 3. The van der Waals surface area contributed by atoms with Crippen LogP contribution < -0.4 is 0 Å². The Morgan fingerprint density at radius 2 is 1.06 bits per heavy atom. The van der Waals surface area contributed by atoms with Gasteiger partial charge in [-0.2, -0.15) is 0 Å². The molecule has 1 heteroatoms. The van der Waals surface area contributed by atoms with Crippen LogP contribution >= 0.6 is 0 Å². The van der Waals surface area contributed by atoms with E-state index in [0.29, 0.717) is 21.9 Å². The van der Waals surface area contributed by atoms with Crippen molar-refractivity contribution >= 4 is 65.0 Å². The SMILES string of the molecule is [2H]c1c([2H])c(-c2c([2H])c([2H])c3c([2H])c([2H])c([2H])c([2H])c3c2[2H])c([2H])c(-c2c3ccccc3c(-c3cccc4oc5c6ccccc6ccc5c34)c3ccccc23)c1[2H]. The molecule has 0 aliphatic heterocycles. The Balaban J connectivity index is 1.33. The molecule has 0 bridgehead atoms. The first kappa shape index (κ1) is 17.5. The standard InChI is InChI=1S/C46H28O/c1-2-13-31-27-33(24-23-29(31)11-1)32-14-9-15-34(28-32)43-36-17-5-7-19-38(36)44(39-20-8-6-18-37(39)43)40-21-10-22-42-45(40)41-26-25-30-12-3-4-16-35(30)46(41)47-42/h1-28H/i1D,2D,9D,11D,13D,14D,15D,23D,24D,27D,28D. The molecule has 218 valence electrons. The number of benzene rings is 9. The third-order valence-corrected chi connectivity index (χ3v) is 8.96. The van der Waals surface area contributed by atoms with Gasteiger partial charge in [-0.05, 0) is 95.3 Å². The van der Waals surface area contributed by atoms with E-state index < -0.39 is 66.5 Å². The van der Waals surface area contributed by atoms with Gasteiger partial charge in [0.1, 0.15) is 11.2 Å². The Bertz CT molecular complexity index is 3420. The minimum Gasteiger partial charge on any atom is -0.455 e. The highest BCUT2D eigenvalue weighted by Gasteiger charge is 2.21. The van der Waals surface area contributed by atoms with E-state index in [-0.39, 0.29) is 27.5 Å². The van der Waals surface area contributed by atoms with Gasteiger partial charge in [-0.25, -0.2) is 0 Å². The van der Waals surface area contributed by atoms with Gasteiger partial charge in [-0.1, -0.05) is 145 Å². The van der Waals surface area contributed by atoms with Gasteiger partial charge >= 0.3 is 0 Å². The van der Waals surface area contributed by atoms with Gasteiger partial charge in [0.2, 0.25) is 0 Å². The predicted octanol–water partition coefficient (Wildman–Crippen LogP) is 13.2. The van der Waals surface area contributed by atoms with E-state index in [0.717, 1.165) is 49.0 Å². The molecule has 0 spiro atoms. The van der Waals surface area contributed by atoms with E-state index in [2.05, 4.69) is 18.2 Å². The van der Waals surface area contributed by atoms with Crippen LogP contribution in [0.25, 0.3) is 98.4 Å². The molecule has 0 unspecified atom stereocenters. The average molecular weight is 608 g/mol. The second-order valence-electron chi connectivity index (χ2n) is 11.5. The summed E-state index contributed by atoms with van der Waals surface area (Å²) in [5.74, 6) is 0. The Labute approximate surface area is 287 Å². The Morgan fingerprint density at radius 1 is 0.404 bits per heavy atom. The summed E-state index contributed by atoms with van der Waals surface area (Å²) in [4.78, 5) is 0. The van der Waals surface area contributed by atoms with Gasteiger partial charge in [0.05, 0.1) is 15.1 Å². The fourth-order valence-corrected chi connectivity index (χ4v) is 6.95. The van der Waals surface area contributed by atoms with E-state index in [1.54, 1.807) is 0 Å². The fraction of sp³-hybridized carbons (Fsp3) is 0. The van der Waals surface area contributed by atoms with Gasteiger partial charge < -0.3 is 4.42 Å². The molecule has 10 aromatic rings. The van der Waals surface area contributed by atoms with Crippen molar-refractivity contribution in [3.63, 3.8) is 0 Å². The molecule has 1 nitrogen and oxygen atoms in total. The molecule has 10 rings (SSSR count). The lowest BCUT2D eigenvalue weighted by molar-refractivity contribution is 0.673. The molecule has 0 aliphatic carbocycles. The highest BCUT2D eigenvalue weighted by atomic mass is 16.3. The third kappa shape index (κ3) is 3.97. The van der Waals surface area contributed by atoms with Crippen molar-refractivity contribution in [1.82, 2.24) is 0 Å². The number of furan rings is 1. The Morgan fingerprint density at radius 3 is 1.85 bits per heavy atom. The summed E-state index contributed by atoms with van der Waals surface area (Å²) in [5.41, 5.74) is 3.00. The minimum atomic E-state index is -0.625. The predicted molar refractivity (Wildman–Crippen MR) is 200 cm³/mol. The smallest absolute Gasteiger partial charge is 0.143 e. The zero-order chi connectivity index (χ0) is 40.5. The van der Waals surface area contributed by atoms with E-state index >= 15 is 0 Å². The van der Waals surface area contributed by atoms with Gasteiger partial charge in [0.25, 0.3) is 0 Å². The maximum Gasteiger partial charge on any atom is 0.143 e. The second kappa shape index (κ2) is 10.2. The van der Waals surface area contributed by atoms with Crippen LogP contribution in [0.15, 0.2) is 174 Å². The number of fused-ring (bicyclic) bond motifs is 8. The van der Waals surface area contributed by atoms with E-state index in [1.165, 1.54) is 0 Å². The van der Waals surface area contributed by atoms with Crippen molar-refractivity contribution in [2.45, 2.75) is 0 Å². The van der Waals surface area contributed by atoms with Crippen molar-refractivity contribution in [1.29, 1.82) is 0 Å². The minimum absolute atomic E-state index is 0.00576. The van der Waals surface area contributed by atoms with Gasteiger partial charge in [0, 0.05) is 16.2 Å². The van der Waals surface area contributed by atoms with Crippen molar-refractivity contribution in [3.8, 4) is 33.4 Å². The van der Waals surface area contributed by atoms with Crippen LogP contribution in [0.5, 0.6) is 0 Å². The van der Waals surface area contributed by atoms with Crippen LogP contribution in [-0.4, -0.2) is 0 Å². The lowest BCUT2D eigenvalue weighted by atomic mass is 9.84. The largest absolute Gasteiger partial charge is 0.455 e. The lowest BCUT2D eigenvalue weighted by Gasteiger charge is -2.18. The third-order valence-electron chi connectivity index (χ3n) is 8.96. The van der Waals surface area contributed by atoms with Crippen LogP contribution in [-0.2, 0) is 0 Å². The summed E-state index contributed by atoms with van der Waals surface area (Å²) in [6, 6.07) is 27.3. The molecule has 0 radical (unpaired) electrons. The maximum absolute atomic E-state index is 9.74. The first-order valence-electron chi connectivity index (χ1n) is 20.8. The quantitative estimate of drug-likeness (QED) is 0.182. The Hall–Kier alpha value is -6.18. The van der Waals surface area contributed by atoms with E-state index in [9.17, 15) is 4.11 Å². The highest BCUT2D eigenvalue weighted by molar-refractivity contribution is 6.27. The zero-order valence-corrected chi connectivity index (χ0v) is 24.7. The maximum atomic E-state index is 9.74. The van der Waals surface area contributed by atoms with Gasteiger partial charge in [-0.15, -0.1) is 0 Å². The van der Waals surface area contributed by atoms with Crippen molar-refractivity contribution in [3.05, 3.63) is 170 Å². The summed E-state index contributed by atoms with van der Waals surface area (Å²) >= 11 is 0. The fourth-order valence-electron chi connectivity index (χ4n) is 6.95. The summed E-state index contributed by atoms with van der Waals surface area (Å²) in [5, 5.41) is 6.18. The zero-order valence-electron chi connectivity index (χ0n) is 35.7. The molecule has 0 saturated heterocycles. The average Bonchev–Trinajstić information content (AvgIpc) is 3.63. The molecular formula is C46H28O. The molecule has 47 heavy (non-hydrogen) atoms. The van der Waals surface area contributed by atoms with E-state index in [4.69, 9.17) is 15.4 Å². The van der Waals surface area contributed by atoms with Crippen LogP contribution in [0.3, 0.4) is 0 Å². The molecule has 9 aromatic carbocycles. The summed E-state index contributed by atoms with van der Waals surface area (Å²) in [6.07, 6.45) is 0. The molecule has 0 N–H and O–H groups in total. The summed E-state index contributed by atoms with van der Waals surface area (Å²) in [6.45, 7) is 0. The molecule has 0 amide bonds. The molecule has 0 atom stereocenters. The molecule has 1 heterocycles. The van der Waals surface area contributed by atoms with E-state index in [1.807, 2.05) is 84.9 Å². The van der Waals surface area contributed by atoms with Gasteiger partial charge in [0.15, 0.2) is 0 Å². The molecule has 0 saturated carbocycles. The van der Waals surface area contributed by atoms with Crippen LogP contribution in [0.2, 0.25) is 0 Å². The van der Waals surface area contributed by atoms with Crippen LogP contribution in [0, 0.1) is 0 Å². The molecule has 0 fully saturated rings. The summed E-state index contributed by atoms with van der Waals surface area (Å²) in [7, 11) is 0. The monoisotopic (exact) mass is 607 g/mol. The molecule has 1 aromatic heterocycles. The van der Waals surface area contributed by atoms with Crippen molar-refractivity contribution < 1.29 is 19.5 Å². The van der Waals surface area contributed by atoms with Crippen molar-refractivity contribution in [2.75, 3.05) is 0 Å². The van der Waals surface area contributed by atoms with Crippen LogP contribution in [0.1, 0.15) is 15.1 Å².